The molecule has 0 atom stereocenters. The van der Waals surface area contributed by atoms with E-state index in [0.29, 0.717) is 4.47 Å². The molecule has 7 heteroatoms. The molecule has 0 aliphatic rings. The fourth-order valence-electron chi connectivity index (χ4n) is 1.49. The van der Waals surface area contributed by atoms with Gasteiger partial charge in [-0.25, -0.2) is 9.37 Å². The summed E-state index contributed by atoms with van der Waals surface area (Å²) in [5.41, 5.74) is 0.144. The smallest absolute Gasteiger partial charge is 0.290 e. The lowest BCUT2D eigenvalue weighted by Gasteiger charge is -2.06. The van der Waals surface area contributed by atoms with Crippen molar-refractivity contribution < 1.29 is 14.1 Å². The number of hydrogen-bond donors (Lipinski definition) is 0. The molecule has 0 bridgehead atoms. The molecule has 2 rings (SSSR count). The highest BCUT2D eigenvalue weighted by molar-refractivity contribution is 9.10. The van der Waals surface area contributed by atoms with Crippen LogP contribution in [0, 0.1) is 22.9 Å². The molecule has 0 saturated heterocycles. The van der Waals surface area contributed by atoms with Crippen molar-refractivity contribution in [1.82, 2.24) is 4.98 Å². The Hall–Kier alpha value is -2.02. The Labute approximate surface area is 116 Å². The van der Waals surface area contributed by atoms with Crippen LogP contribution in [0.25, 0.3) is 0 Å². The topological polar surface area (TPSA) is 65.3 Å². The molecule has 0 N–H and O–H groups in total. The molecule has 19 heavy (non-hydrogen) atoms. The normalized spacial score (nSPS) is 10.3. The molecule has 0 saturated carbocycles. The second kappa shape index (κ2) is 5.31. The minimum atomic E-state index is -0.523. The Balaban J connectivity index is 2.28. The van der Waals surface area contributed by atoms with Crippen molar-refractivity contribution in [1.29, 1.82) is 0 Å². The number of nitro groups is 1. The van der Waals surface area contributed by atoms with Crippen molar-refractivity contribution in [3.8, 4) is 11.6 Å². The first-order valence-corrected chi connectivity index (χ1v) is 6.01. The standard InChI is InChI=1S/C12H8BrFN2O3/c1-7-11(16(17)18)2-3-12(15-7)19-10-5-8(13)4-9(14)6-10/h2-6H,1H3. The van der Waals surface area contributed by atoms with E-state index in [9.17, 15) is 14.5 Å². The van der Waals surface area contributed by atoms with Gasteiger partial charge in [0.25, 0.3) is 5.69 Å². The van der Waals surface area contributed by atoms with Crippen LogP contribution in [0.2, 0.25) is 0 Å². The lowest BCUT2D eigenvalue weighted by Crippen LogP contribution is -1.96. The first-order valence-electron chi connectivity index (χ1n) is 5.21. The number of halogens is 2. The number of rotatable bonds is 3. The van der Waals surface area contributed by atoms with Crippen molar-refractivity contribution >= 4 is 21.6 Å². The van der Waals surface area contributed by atoms with Gasteiger partial charge in [-0.3, -0.25) is 10.1 Å². The van der Waals surface area contributed by atoms with Crippen LogP contribution >= 0.6 is 15.9 Å². The number of ether oxygens (including phenoxy) is 1. The molecule has 2 aromatic rings. The van der Waals surface area contributed by atoms with Gasteiger partial charge in [-0.2, -0.15) is 0 Å². The van der Waals surface area contributed by atoms with Gasteiger partial charge in [0.05, 0.1) is 4.92 Å². The molecule has 0 aliphatic carbocycles. The Morgan fingerprint density at radius 3 is 2.68 bits per heavy atom. The molecule has 0 radical (unpaired) electrons. The van der Waals surface area contributed by atoms with Crippen LogP contribution < -0.4 is 4.74 Å². The first-order chi connectivity index (χ1) is 8.95. The van der Waals surface area contributed by atoms with Gasteiger partial charge in [-0.1, -0.05) is 15.9 Å². The van der Waals surface area contributed by atoms with Crippen LogP contribution in [-0.4, -0.2) is 9.91 Å². The summed E-state index contributed by atoms with van der Waals surface area (Å²) in [7, 11) is 0. The van der Waals surface area contributed by atoms with E-state index in [0.717, 1.165) is 0 Å². The molecule has 0 aliphatic heterocycles. The molecule has 1 aromatic heterocycles. The summed E-state index contributed by atoms with van der Waals surface area (Å²) in [5.74, 6) is -0.0313. The average Bonchev–Trinajstić information content (AvgIpc) is 2.26. The van der Waals surface area contributed by atoms with Crippen molar-refractivity contribution in [2.24, 2.45) is 0 Å². The van der Waals surface area contributed by atoms with Gasteiger partial charge >= 0.3 is 0 Å². The van der Waals surface area contributed by atoms with E-state index in [4.69, 9.17) is 4.74 Å². The van der Waals surface area contributed by atoms with E-state index >= 15 is 0 Å². The SMILES string of the molecule is Cc1nc(Oc2cc(F)cc(Br)c2)ccc1[N+](=O)[O-]. The predicted molar refractivity (Wildman–Crippen MR) is 69.8 cm³/mol. The van der Waals surface area contributed by atoms with Crippen molar-refractivity contribution in [2.75, 3.05) is 0 Å². The summed E-state index contributed by atoms with van der Waals surface area (Å²) in [6.07, 6.45) is 0. The summed E-state index contributed by atoms with van der Waals surface area (Å²) in [6, 6.07) is 6.72. The van der Waals surface area contributed by atoms with Gasteiger partial charge in [-0.15, -0.1) is 0 Å². The fourth-order valence-corrected chi connectivity index (χ4v) is 1.93. The number of nitrogens with zero attached hydrogens (tertiary/aromatic N) is 2. The molecule has 0 spiro atoms. The maximum atomic E-state index is 13.2. The van der Waals surface area contributed by atoms with Gasteiger partial charge in [0.2, 0.25) is 5.88 Å². The monoisotopic (exact) mass is 326 g/mol. The number of hydrogen-bond acceptors (Lipinski definition) is 4. The largest absolute Gasteiger partial charge is 0.439 e. The highest BCUT2D eigenvalue weighted by Crippen LogP contribution is 2.26. The Bertz CT molecular complexity index is 629. The summed E-state index contributed by atoms with van der Waals surface area (Å²) in [6.45, 7) is 1.51. The maximum Gasteiger partial charge on any atom is 0.290 e. The third kappa shape index (κ3) is 3.25. The highest BCUT2D eigenvalue weighted by Gasteiger charge is 2.13. The second-order valence-corrected chi connectivity index (χ2v) is 4.63. The summed E-state index contributed by atoms with van der Waals surface area (Å²) < 4.78 is 19.0. The third-order valence-electron chi connectivity index (χ3n) is 2.29. The van der Waals surface area contributed by atoms with E-state index in [2.05, 4.69) is 20.9 Å². The maximum absolute atomic E-state index is 13.2. The molecular weight excluding hydrogens is 319 g/mol. The Morgan fingerprint density at radius 2 is 2.11 bits per heavy atom. The molecule has 1 heterocycles. The molecule has 5 nitrogen and oxygen atoms in total. The van der Waals surface area contributed by atoms with E-state index in [1.54, 1.807) is 6.07 Å². The van der Waals surface area contributed by atoms with E-state index in [-0.39, 0.29) is 23.0 Å². The zero-order valence-electron chi connectivity index (χ0n) is 9.76. The van der Waals surface area contributed by atoms with Crippen LogP contribution in [0.1, 0.15) is 5.69 Å². The van der Waals surface area contributed by atoms with Crippen molar-refractivity contribution in [3.63, 3.8) is 0 Å². The van der Waals surface area contributed by atoms with Crippen molar-refractivity contribution in [2.45, 2.75) is 6.92 Å². The van der Waals surface area contributed by atoms with E-state index in [1.807, 2.05) is 0 Å². The number of aromatic nitrogens is 1. The lowest BCUT2D eigenvalue weighted by molar-refractivity contribution is -0.385. The first kappa shape index (κ1) is 13.4. The summed E-state index contributed by atoms with van der Waals surface area (Å²) in [5, 5.41) is 10.6. The lowest BCUT2D eigenvalue weighted by atomic mass is 10.3. The second-order valence-electron chi connectivity index (χ2n) is 3.72. The molecule has 0 amide bonds. The molecule has 0 unspecified atom stereocenters. The minimum absolute atomic E-state index is 0.0900. The zero-order valence-corrected chi connectivity index (χ0v) is 11.3. The summed E-state index contributed by atoms with van der Waals surface area (Å²) >= 11 is 3.14. The molecule has 98 valence electrons. The number of pyridine rings is 1. The van der Waals surface area contributed by atoms with Crippen LogP contribution in [0.5, 0.6) is 11.6 Å². The van der Waals surface area contributed by atoms with Gasteiger partial charge < -0.3 is 4.74 Å². The van der Waals surface area contributed by atoms with Gasteiger partial charge in [0.15, 0.2) is 0 Å². The quantitative estimate of drug-likeness (QED) is 0.631. The van der Waals surface area contributed by atoms with Crippen molar-refractivity contribution in [3.05, 3.63) is 56.4 Å². The van der Waals surface area contributed by atoms with Gasteiger partial charge in [0.1, 0.15) is 17.3 Å². The Morgan fingerprint density at radius 1 is 1.37 bits per heavy atom. The average molecular weight is 327 g/mol. The minimum Gasteiger partial charge on any atom is -0.439 e. The zero-order chi connectivity index (χ0) is 14.0. The molecular formula is C12H8BrFN2O3. The van der Waals surface area contributed by atoms with E-state index < -0.39 is 10.7 Å². The van der Waals surface area contributed by atoms with Gasteiger partial charge in [0, 0.05) is 22.7 Å². The van der Waals surface area contributed by atoms with Crippen LogP contribution in [0.3, 0.4) is 0 Å². The van der Waals surface area contributed by atoms with Crippen LogP contribution in [0.15, 0.2) is 34.8 Å². The third-order valence-corrected chi connectivity index (χ3v) is 2.75. The fraction of sp³-hybridized carbons (Fsp3) is 0.0833. The van der Waals surface area contributed by atoms with Crippen LogP contribution in [0.4, 0.5) is 10.1 Å². The van der Waals surface area contributed by atoms with Crippen LogP contribution in [-0.2, 0) is 0 Å². The number of benzene rings is 1. The van der Waals surface area contributed by atoms with E-state index in [1.165, 1.54) is 31.2 Å². The predicted octanol–water partition coefficient (Wildman–Crippen LogP) is 3.99. The molecule has 1 aromatic carbocycles. The highest BCUT2D eigenvalue weighted by atomic mass is 79.9. The molecule has 0 fully saturated rings. The van der Waals surface area contributed by atoms with Gasteiger partial charge in [-0.05, 0) is 19.1 Å². The summed E-state index contributed by atoms with van der Waals surface area (Å²) in [4.78, 5) is 14.1. The number of aryl methyl sites for hydroxylation is 1. The Kier molecular flexibility index (Phi) is 3.75.